The van der Waals surface area contributed by atoms with Crippen LogP contribution in [0.2, 0.25) is 0 Å². The van der Waals surface area contributed by atoms with Crippen LogP contribution in [0, 0.1) is 0 Å². The van der Waals surface area contributed by atoms with Crippen LogP contribution in [-0.4, -0.2) is 36.7 Å². The predicted octanol–water partition coefficient (Wildman–Crippen LogP) is 2.16. The van der Waals surface area contributed by atoms with Crippen LogP contribution in [0.5, 0.6) is 5.75 Å². The number of ether oxygens (including phenoxy) is 1. The van der Waals surface area contributed by atoms with E-state index in [4.69, 9.17) is 9.84 Å². The summed E-state index contributed by atoms with van der Waals surface area (Å²) >= 11 is 0. The first-order valence-electron chi connectivity index (χ1n) is 7.62. The highest BCUT2D eigenvalue weighted by Gasteiger charge is 2.21. The zero-order valence-corrected chi connectivity index (χ0v) is 13.2. The van der Waals surface area contributed by atoms with E-state index in [0.29, 0.717) is 24.3 Å². The number of aromatic carboxylic acids is 1. The van der Waals surface area contributed by atoms with E-state index in [2.05, 4.69) is 10.6 Å². The molecule has 6 nitrogen and oxygen atoms in total. The number of carboxylic acids is 1. The number of carboxylic acid groups (broad SMARTS) is 1. The lowest BCUT2D eigenvalue weighted by atomic mass is 9.97. The Kier molecular flexibility index (Phi) is 4.37. The first kappa shape index (κ1) is 15.9. The molecular weight excluding hydrogens is 308 g/mol. The molecule has 0 saturated carbocycles. The second-order valence-electron chi connectivity index (χ2n) is 5.66. The molecule has 1 aliphatic rings. The molecule has 0 aromatic heterocycles. The predicted molar refractivity (Wildman–Crippen MR) is 89.8 cm³/mol. The molecular formula is C18H18N2O4. The maximum atomic E-state index is 12.4. The zero-order chi connectivity index (χ0) is 17.1. The number of nitrogens with one attached hydrogen (secondary N) is 2. The summed E-state index contributed by atoms with van der Waals surface area (Å²) in [5, 5.41) is 15.3. The first-order valence-corrected chi connectivity index (χ1v) is 7.62. The van der Waals surface area contributed by atoms with Gasteiger partial charge in [0.15, 0.2) is 0 Å². The number of anilines is 1. The fraction of sp³-hybridized carbons (Fsp3) is 0.222. The highest BCUT2D eigenvalue weighted by Crippen LogP contribution is 2.23. The van der Waals surface area contributed by atoms with Crippen molar-refractivity contribution in [3.8, 4) is 5.75 Å². The molecule has 1 atom stereocenters. The molecule has 0 fully saturated rings. The Morgan fingerprint density at radius 1 is 1.21 bits per heavy atom. The van der Waals surface area contributed by atoms with Crippen LogP contribution in [0.25, 0.3) is 0 Å². The first-order chi connectivity index (χ1) is 11.6. The fourth-order valence-corrected chi connectivity index (χ4v) is 2.77. The molecule has 2 aromatic carbocycles. The Morgan fingerprint density at radius 2 is 2.04 bits per heavy atom. The Bertz CT molecular complexity index is 788. The number of amides is 1. The summed E-state index contributed by atoms with van der Waals surface area (Å²) in [6, 6.07) is 11.8. The van der Waals surface area contributed by atoms with Crippen LogP contribution in [0.15, 0.2) is 42.5 Å². The van der Waals surface area contributed by atoms with E-state index >= 15 is 0 Å². The summed E-state index contributed by atoms with van der Waals surface area (Å²) in [6.45, 7) is 0.592. The average molecular weight is 326 g/mol. The monoisotopic (exact) mass is 326 g/mol. The molecule has 0 radical (unpaired) electrons. The highest BCUT2D eigenvalue weighted by atomic mass is 16.5. The minimum absolute atomic E-state index is 0.111. The lowest BCUT2D eigenvalue weighted by Crippen LogP contribution is -2.43. The van der Waals surface area contributed by atoms with E-state index in [1.807, 2.05) is 0 Å². The Morgan fingerprint density at radius 3 is 2.79 bits per heavy atom. The van der Waals surface area contributed by atoms with E-state index in [-0.39, 0.29) is 17.5 Å². The molecule has 3 N–H and O–H groups in total. The summed E-state index contributed by atoms with van der Waals surface area (Å²) in [5.74, 6) is -0.514. The summed E-state index contributed by atoms with van der Waals surface area (Å²) in [4.78, 5) is 23.5. The van der Waals surface area contributed by atoms with Crippen molar-refractivity contribution in [1.82, 2.24) is 5.32 Å². The summed E-state index contributed by atoms with van der Waals surface area (Å²) in [5.41, 5.74) is 2.57. The lowest BCUT2D eigenvalue weighted by molar-refractivity contribution is 0.0696. The van der Waals surface area contributed by atoms with Gasteiger partial charge in [-0.05, 0) is 48.4 Å². The SMILES string of the molecule is COc1cccc(C(=O)NC2CNc3ccc(C(=O)O)cc3C2)c1. The molecule has 124 valence electrons. The van der Waals surface area contributed by atoms with Gasteiger partial charge in [-0.25, -0.2) is 4.79 Å². The maximum Gasteiger partial charge on any atom is 0.335 e. The molecule has 0 saturated heterocycles. The van der Waals surface area contributed by atoms with Crippen LogP contribution in [0.4, 0.5) is 5.69 Å². The number of carbonyl (C=O) groups excluding carboxylic acids is 1. The highest BCUT2D eigenvalue weighted by molar-refractivity contribution is 5.95. The van der Waals surface area contributed by atoms with Crippen LogP contribution in [0.1, 0.15) is 26.3 Å². The van der Waals surface area contributed by atoms with Gasteiger partial charge < -0.3 is 20.5 Å². The number of rotatable bonds is 4. The molecule has 1 amide bonds. The second-order valence-corrected chi connectivity index (χ2v) is 5.66. The van der Waals surface area contributed by atoms with Crippen molar-refractivity contribution in [3.63, 3.8) is 0 Å². The lowest BCUT2D eigenvalue weighted by Gasteiger charge is -2.27. The molecule has 6 heteroatoms. The van der Waals surface area contributed by atoms with E-state index in [0.717, 1.165) is 11.3 Å². The largest absolute Gasteiger partial charge is 0.497 e. The number of hydrogen-bond donors (Lipinski definition) is 3. The van der Waals surface area contributed by atoms with Crippen molar-refractivity contribution in [2.75, 3.05) is 19.0 Å². The van der Waals surface area contributed by atoms with Gasteiger partial charge in [0.05, 0.1) is 18.7 Å². The normalized spacial score (nSPS) is 15.8. The van der Waals surface area contributed by atoms with Gasteiger partial charge in [-0.15, -0.1) is 0 Å². The third kappa shape index (κ3) is 3.32. The van der Waals surface area contributed by atoms with E-state index < -0.39 is 5.97 Å². The number of methoxy groups -OCH3 is 1. The van der Waals surface area contributed by atoms with Crippen LogP contribution in [-0.2, 0) is 6.42 Å². The van der Waals surface area contributed by atoms with Crippen molar-refractivity contribution in [2.45, 2.75) is 12.5 Å². The van der Waals surface area contributed by atoms with Crippen LogP contribution >= 0.6 is 0 Å². The van der Waals surface area contributed by atoms with Crippen LogP contribution < -0.4 is 15.4 Å². The summed E-state index contributed by atoms with van der Waals surface area (Å²) in [6.07, 6.45) is 0.583. The smallest absolute Gasteiger partial charge is 0.335 e. The molecule has 1 unspecified atom stereocenters. The molecule has 1 heterocycles. The third-order valence-corrected chi connectivity index (χ3v) is 4.02. The van der Waals surface area contributed by atoms with Crippen molar-refractivity contribution in [1.29, 1.82) is 0 Å². The number of benzene rings is 2. The Labute approximate surface area is 139 Å². The minimum Gasteiger partial charge on any atom is -0.497 e. The van der Waals surface area contributed by atoms with Gasteiger partial charge in [0.25, 0.3) is 5.91 Å². The van der Waals surface area contributed by atoms with E-state index in [1.54, 1.807) is 49.6 Å². The van der Waals surface area contributed by atoms with Gasteiger partial charge in [-0.3, -0.25) is 4.79 Å². The minimum atomic E-state index is -0.958. The third-order valence-electron chi connectivity index (χ3n) is 4.02. The Hall–Kier alpha value is -3.02. The average Bonchev–Trinajstić information content (AvgIpc) is 2.61. The quantitative estimate of drug-likeness (QED) is 0.801. The van der Waals surface area contributed by atoms with E-state index in [9.17, 15) is 9.59 Å². The van der Waals surface area contributed by atoms with Gasteiger partial charge in [-0.2, -0.15) is 0 Å². The molecule has 0 spiro atoms. The topological polar surface area (TPSA) is 87.7 Å². The standard InChI is InChI=1S/C18H18N2O4/c1-24-15-4-2-3-11(9-15)17(21)20-14-8-13-7-12(18(22)23)5-6-16(13)19-10-14/h2-7,9,14,19H,8,10H2,1H3,(H,20,21)(H,22,23). The van der Waals surface area contributed by atoms with Crippen LogP contribution in [0.3, 0.4) is 0 Å². The molecule has 1 aliphatic heterocycles. The Balaban J connectivity index is 1.72. The van der Waals surface area contributed by atoms with Crippen molar-refractivity contribution < 1.29 is 19.4 Å². The maximum absolute atomic E-state index is 12.4. The second kappa shape index (κ2) is 6.62. The van der Waals surface area contributed by atoms with Gasteiger partial charge in [0.1, 0.15) is 5.75 Å². The van der Waals surface area contributed by atoms with Gasteiger partial charge in [0.2, 0.25) is 0 Å². The molecule has 2 aromatic rings. The summed E-state index contributed by atoms with van der Waals surface area (Å²) in [7, 11) is 1.55. The molecule has 3 rings (SSSR count). The van der Waals surface area contributed by atoms with Crippen molar-refractivity contribution >= 4 is 17.6 Å². The number of fused-ring (bicyclic) bond motifs is 1. The van der Waals surface area contributed by atoms with Crippen molar-refractivity contribution in [3.05, 3.63) is 59.2 Å². The fourth-order valence-electron chi connectivity index (χ4n) is 2.77. The molecule has 24 heavy (non-hydrogen) atoms. The van der Waals surface area contributed by atoms with Gasteiger partial charge in [0, 0.05) is 17.8 Å². The van der Waals surface area contributed by atoms with Crippen molar-refractivity contribution in [2.24, 2.45) is 0 Å². The van der Waals surface area contributed by atoms with Gasteiger partial charge in [-0.1, -0.05) is 6.07 Å². The zero-order valence-electron chi connectivity index (χ0n) is 13.2. The number of hydrogen-bond acceptors (Lipinski definition) is 4. The number of carbonyl (C=O) groups is 2. The van der Waals surface area contributed by atoms with Gasteiger partial charge >= 0.3 is 5.97 Å². The summed E-state index contributed by atoms with van der Waals surface area (Å²) < 4.78 is 5.13. The molecule has 0 aliphatic carbocycles. The molecule has 0 bridgehead atoms. The van der Waals surface area contributed by atoms with E-state index in [1.165, 1.54) is 0 Å².